The van der Waals surface area contributed by atoms with Gasteiger partial charge in [0.15, 0.2) is 5.65 Å². The van der Waals surface area contributed by atoms with Gasteiger partial charge in [0.05, 0.1) is 5.69 Å². The standard InChI is InChI=1S/C16H15ClFN3/c1-10-7-13-16(19-9-10)21(15(20-13)5-6-17)14-8-12(18)4-3-11(14)2/h3-4,7-9H,5-6H2,1-2H3. The van der Waals surface area contributed by atoms with Crippen molar-refractivity contribution in [2.45, 2.75) is 20.3 Å². The Morgan fingerprint density at radius 3 is 2.81 bits per heavy atom. The Balaban J connectivity index is 2.33. The summed E-state index contributed by atoms with van der Waals surface area (Å²) in [6.07, 6.45) is 2.40. The minimum atomic E-state index is -0.276. The molecule has 5 heteroatoms. The topological polar surface area (TPSA) is 30.7 Å². The Morgan fingerprint density at radius 1 is 1.24 bits per heavy atom. The smallest absolute Gasteiger partial charge is 0.164 e. The first-order valence-corrected chi connectivity index (χ1v) is 7.30. The molecule has 0 radical (unpaired) electrons. The van der Waals surface area contributed by atoms with Crippen molar-refractivity contribution in [3.8, 4) is 5.69 Å². The highest BCUT2D eigenvalue weighted by molar-refractivity contribution is 6.17. The lowest BCUT2D eigenvalue weighted by molar-refractivity contribution is 0.626. The Kier molecular flexibility index (Phi) is 3.64. The van der Waals surface area contributed by atoms with Gasteiger partial charge in [-0.05, 0) is 43.2 Å². The van der Waals surface area contributed by atoms with Gasteiger partial charge in [-0.1, -0.05) is 6.07 Å². The summed E-state index contributed by atoms with van der Waals surface area (Å²) in [6.45, 7) is 3.92. The first-order valence-electron chi connectivity index (χ1n) is 6.76. The number of alkyl halides is 1. The Morgan fingerprint density at radius 2 is 2.05 bits per heavy atom. The van der Waals surface area contributed by atoms with Crippen LogP contribution in [0.1, 0.15) is 17.0 Å². The summed E-state index contributed by atoms with van der Waals surface area (Å²) < 4.78 is 15.5. The molecule has 0 fully saturated rings. The monoisotopic (exact) mass is 303 g/mol. The number of hydrogen-bond acceptors (Lipinski definition) is 2. The van der Waals surface area contributed by atoms with Crippen molar-refractivity contribution in [3.63, 3.8) is 0 Å². The minimum absolute atomic E-state index is 0.276. The van der Waals surface area contributed by atoms with E-state index in [1.54, 1.807) is 12.3 Å². The molecule has 0 atom stereocenters. The van der Waals surface area contributed by atoms with Gasteiger partial charge >= 0.3 is 0 Å². The van der Waals surface area contributed by atoms with Crippen LogP contribution in [-0.4, -0.2) is 20.4 Å². The number of aromatic nitrogens is 3. The van der Waals surface area contributed by atoms with Crippen LogP contribution in [-0.2, 0) is 6.42 Å². The van der Waals surface area contributed by atoms with Crippen LogP contribution in [0.25, 0.3) is 16.9 Å². The highest BCUT2D eigenvalue weighted by Gasteiger charge is 2.15. The van der Waals surface area contributed by atoms with E-state index in [1.807, 2.05) is 24.5 Å². The van der Waals surface area contributed by atoms with E-state index in [0.29, 0.717) is 12.3 Å². The quantitative estimate of drug-likeness (QED) is 0.686. The van der Waals surface area contributed by atoms with Crippen LogP contribution in [0.15, 0.2) is 30.5 Å². The second-order valence-corrected chi connectivity index (χ2v) is 5.47. The molecule has 0 bridgehead atoms. The number of fused-ring (bicyclic) bond motifs is 1. The molecular formula is C16H15ClFN3. The fraction of sp³-hybridized carbons (Fsp3) is 0.250. The van der Waals surface area contributed by atoms with Crippen LogP contribution in [0.2, 0.25) is 0 Å². The number of pyridine rings is 1. The molecular weight excluding hydrogens is 289 g/mol. The molecule has 3 aromatic rings. The molecule has 0 saturated heterocycles. The third kappa shape index (κ3) is 2.51. The maximum atomic E-state index is 13.6. The SMILES string of the molecule is Cc1cnc2c(c1)nc(CCCl)n2-c1cc(F)ccc1C. The zero-order chi connectivity index (χ0) is 15.0. The summed E-state index contributed by atoms with van der Waals surface area (Å²) in [5, 5.41) is 0. The molecule has 3 rings (SSSR count). The molecule has 21 heavy (non-hydrogen) atoms. The number of benzene rings is 1. The van der Waals surface area contributed by atoms with Crippen molar-refractivity contribution in [2.75, 3.05) is 5.88 Å². The first-order chi connectivity index (χ1) is 10.1. The Bertz CT molecular complexity index is 811. The molecule has 0 spiro atoms. The fourth-order valence-electron chi connectivity index (χ4n) is 2.44. The molecule has 0 aliphatic carbocycles. The fourth-order valence-corrected chi connectivity index (χ4v) is 2.61. The van der Waals surface area contributed by atoms with Crippen molar-refractivity contribution in [2.24, 2.45) is 0 Å². The number of imidazole rings is 1. The van der Waals surface area contributed by atoms with Crippen LogP contribution in [0.5, 0.6) is 0 Å². The van der Waals surface area contributed by atoms with Gasteiger partial charge in [0.1, 0.15) is 17.2 Å². The first kappa shape index (κ1) is 14.0. The van der Waals surface area contributed by atoms with Crippen LogP contribution >= 0.6 is 11.6 Å². The molecule has 0 N–H and O–H groups in total. The van der Waals surface area contributed by atoms with Gasteiger partial charge in [-0.3, -0.25) is 4.57 Å². The van der Waals surface area contributed by atoms with Crippen molar-refractivity contribution < 1.29 is 4.39 Å². The minimum Gasteiger partial charge on any atom is -0.280 e. The molecule has 1 aromatic carbocycles. The van der Waals surface area contributed by atoms with Crippen molar-refractivity contribution >= 4 is 22.8 Å². The highest BCUT2D eigenvalue weighted by atomic mass is 35.5. The van der Waals surface area contributed by atoms with E-state index in [0.717, 1.165) is 33.8 Å². The summed E-state index contributed by atoms with van der Waals surface area (Å²) in [7, 11) is 0. The molecule has 3 nitrogen and oxygen atoms in total. The van der Waals surface area contributed by atoms with E-state index in [9.17, 15) is 4.39 Å². The number of nitrogens with zero attached hydrogens (tertiary/aromatic N) is 3. The van der Waals surface area contributed by atoms with E-state index in [2.05, 4.69) is 9.97 Å². The Hall–Kier alpha value is -1.94. The van der Waals surface area contributed by atoms with Crippen LogP contribution in [0.3, 0.4) is 0 Å². The highest BCUT2D eigenvalue weighted by Crippen LogP contribution is 2.24. The molecule has 0 saturated carbocycles. The lowest BCUT2D eigenvalue weighted by Crippen LogP contribution is -2.05. The van der Waals surface area contributed by atoms with E-state index < -0.39 is 0 Å². The average Bonchev–Trinajstić information content (AvgIpc) is 2.79. The van der Waals surface area contributed by atoms with Crippen LogP contribution in [0.4, 0.5) is 4.39 Å². The van der Waals surface area contributed by atoms with Gasteiger partial charge in [-0.2, -0.15) is 0 Å². The molecule has 2 heterocycles. The molecule has 0 unspecified atom stereocenters. The predicted molar refractivity (Wildman–Crippen MR) is 82.7 cm³/mol. The normalized spacial score (nSPS) is 11.2. The van der Waals surface area contributed by atoms with Crippen molar-refractivity contribution in [1.82, 2.24) is 14.5 Å². The molecule has 0 amide bonds. The molecule has 2 aromatic heterocycles. The maximum Gasteiger partial charge on any atom is 0.164 e. The van der Waals surface area contributed by atoms with Crippen LogP contribution in [0, 0.1) is 19.7 Å². The molecule has 0 aliphatic rings. The summed E-state index contributed by atoms with van der Waals surface area (Å²) in [5.74, 6) is 0.976. The van der Waals surface area contributed by atoms with Gasteiger partial charge in [0.2, 0.25) is 0 Å². The van der Waals surface area contributed by atoms with Gasteiger partial charge in [-0.15, -0.1) is 11.6 Å². The average molecular weight is 304 g/mol. The third-order valence-corrected chi connectivity index (χ3v) is 3.62. The summed E-state index contributed by atoms with van der Waals surface area (Å²) in [5.41, 5.74) is 4.30. The lowest BCUT2D eigenvalue weighted by atomic mass is 10.2. The zero-order valence-electron chi connectivity index (χ0n) is 11.9. The summed E-state index contributed by atoms with van der Waals surface area (Å²) in [4.78, 5) is 9.07. The molecule has 0 aliphatic heterocycles. The van der Waals surface area contributed by atoms with Crippen molar-refractivity contribution in [3.05, 3.63) is 53.2 Å². The van der Waals surface area contributed by atoms with E-state index >= 15 is 0 Å². The summed E-state index contributed by atoms with van der Waals surface area (Å²) >= 11 is 5.88. The van der Waals surface area contributed by atoms with Crippen molar-refractivity contribution in [1.29, 1.82) is 0 Å². The van der Waals surface area contributed by atoms with E-state index in [-0.39, 0.29) is 5.82 Å². The third-order valence-electron chi connectivity index (χ3n) is 3.43. The Labute approximate surface area is 127 Å². The van der Waals surface area contributed by atoms with Gasteiger partial charge in [0.25, 0.3) is 0 Å². The van der Waals surface area contributed by atoms with Gasteiger partial charge < -0.3 is 0 Å². The zero-order valence-corrected chi connectivity index (χ0v) is 12.7. The second kappa shape index (κ2) is 5.45. The van der Waals surface area contributed by atoms with E-state index in [4.69, 9.17) is 11.6 Å². The maximum absolute atomic E-state index is 13.6. The number of hydrogen-bond donors (Lipinski definition) is 0. The summed E-state index contributed by atoms with van der Waals surface area (Å²) in [6, 6.07) is 6.70. The number of rotatable bonds is 3. The molecule has 108 valence electrons. The predicted octanol–water partition coefficient (Wildman–Crippen LogP) is 3.96. The largest absolute Gasteiger partial charge is 0.280 e. The van der Waals surface area contributed by atoms with Crippen LogP contribution < -0.4 is 0 Å². The lowest BCUT2D eigenvalue weighted by Gasteiger charge is -2.11. The number of aryl methyl sites for hydroxylation is 3. The van der Waals surface area contributed by atoms with Gasteiger partial charge in [-0.25, -0.2) is 14.4 Å². The second-order valence-electron chi connectivity index (χ2n) is 5.09. The van der Waals surface area contributed by atoms with E-state index in [1.165, 1.54) is 12.1 Å². The number of halogens is 2. The van der Waals surface area contributed by atoms with Gasteiger partial charge in [0, 0.05) is 18.5 Å².